The van der Waals surface area contributed by atoms with Crippen LogP contribution in [0, 0.1) is 0 Å². The quantitative estimate of drug-likeness (QED) is 0.751. The number of esters is 1. The summed E-state index contributed by atoms with van der Waals surface area (Å²) in [6, 6.07) is -1.17. The number of carbonyl (C=O) groups excluding carboxylic acids is 3. The predicted octanol–water partition coefficient (Wildman–Crippen LogP) is 1.05. The number of hydrogen-bond acceptors (Lipinski definition) is 6. The molecule has 1 saturated heterocycles. The Morgan fingerprint density at radius 3 is 2.45 bits per heavy atom. The molecule has 7 nitrogen and oxygen atoms in total. The van der Waals surface area contributed by atoms with Crippen LogP contribution in [0.2, 0.25) is 0 Å². The van der Waals surface area contributed by atoms with Crippen LogP contribution in [0.3, 0.4) is 0 Å². The highest BCUT2D eigenvalue weighted by atomic mass is 32.2. The van der Waals surface area contributed by atoms with Gasteiger partial charge in [0.2, 0.25) is 5.91 Å². The van der Waals surface area contributed by atoms with Gasteiger partial charge in [-0.15, -0.1) is 0 Å². The Morgan fingerprint density at radius 2 is 2.00 bits per heavy atom. The van der Waals surface area contributed by atoms with E-state index in [1.54, 1.807) is 20.8 Å². The molecule has 8 heteroatoms. The predicted molar refractivity (Wildman–Crippen MR) is 80.3 cm³/mol. The SMILES string of the molecule is CC(=O)SC1CC(=O)N([C@@H](CC(=O)O)C(=O)OC(C)(C)C)C1. The van der Waals surface area contributed by atoms with E-state index in [0.29, 0.717) is 0 Å². The molecule has 0 aromatic rings. The molecule has 0 saturated carbocycles. The number of likely N-dealkylation sites (tertiary alicyclic amines) is 1. The van der Waals surface area contributed by atoms with Gasteiger partial charge in [-0.05, 0) is 20.8 Å². The molecule has 2 atom stereocenters. The zero-order valence-corrected chi connectivity index (χ0v) is 13.9. The molecule has 1 amide bonds. The van der Waals surface area contributed by atoms with E-state index in [4.69, 9.17) is 9.84 Å². The molecule has 1 unspecified atom stereocenters. The van der Waals surface area contributed by atoms with Gasteiger partial charge in [0.1, 0.15) is 11.6 Å². The van der Waals surface area contributed by atoms with Crippen LogP contribution in [0.15, 0.2) is 0 Å². The number of rotatable bonds is 5. The second kappa shape index (κ2) is 7.13. The fourth-order valence-corrected chi connectivity index (χ4v) is 3.10. The summed E-state index contributed by atoms with van der Waals surface area (Å²) in [5.41, 5.74) is -0.774. The summed E-state index contributed by atoms with van der Waals surface area (Å²) in [4.78, 5) is 47.6. The summed E-state index contributed by atoms with van der Waals surface area (Å²) >= 11 is 1.03. The summed E-state index contributed by atoms with van der Waals surface area (Å²) < 4.78 is 5.21. The van der Waals surface area contributed by atoms with Crippen LogP contribution in [0.5, 0.6) is 0 Å². The van der Waals surface area contributed by atoms with Crippen molar-refractivity contribution >= 4 is 34.7 Å². The van der Waals surface area contributed by atoms with Crippen LogP contribution in [-0.2, 0) is 23.9 Å². The molecule has 1 aliphatic heterocycles. The first-order valence-corrected chi connectivity index (χ1v) is 7.79. The number of hydrogen-bond donors (Lipinski definition) is 1. The molecule has 124 valence electrons. The third kappa shape index (κ3) is 5.67. The molecule has 0 aliphatic carbocycles. The third-order valence-electron chi connectivity index (χ3n) is 2.88. The summed E-state index contributed by atoms with van der Waals surface area (Å²) in [5, 5.41) is 8.60. The lowest BCUT2D eigenvalue weighted by atomic mass is 10.1. The van der Waals surface area contributed by atoms with E-state index < -0.39 is 30.0 Å². The number of ether oxygens (including phenoxy) is 1. The van der Waals surface area contributed by atoms with E-state index in [1.807, 2.05) is 0 Å². The van der Waals surface area contributed by atoms with E-state index in [9.17, 15) is 19.2 Å². The first-order chi connectivity index (χ1) is 9.99. The number of amides is 1. The average molecular weight is 331 g/mol. The Labute approximate surface area is 133 Å². The van der Waals surface area contributed by atoms with E-state index in [1.165, 1.54) is 11.8 Å². The van der Waals surface area contributed by atoms with Crippen molar-refractivity contribution in [1.29, 1.82) is 0 Å². The Kier molecular flexibility index (Phi) is 5.99. The van der Waals surface area contributed by atoms with Crippen molar-refractivity contribution in [3.05, 3.63) is 0 Å². The monoisotopic (exact) mass is 331 g/mol. The lowest BCUT2D eigenvalue weighted by Gasteiger charge is -2.29. The van der Waals surface area contributed by atoms with Gasteiger partial charge in [0.25, 0.3) is 0 Å². The van der Waals surface area contributed by atoms with E-state index >= 15 is 0 Å². The number of thioether (sulfide) groups is 1. The minimum Gasteiger partial charge on any atom is -0.481 e. The van der Waals surface area contributed by atoms with Crippen molar-refractivity contribution in [3.63, 3.8) is 0 Å². The van der Waals surface area contributed by atoms with Crippen molar-refractivity contribution in [2.75, 3.05) is 6.54 Å². The van der Waals surface area contributed by atoms with Crippen molar-refractivity contribution in [2.45, 2.75) is 57.4 Å². The van der Waals surface area contributed by atoms with Gasteiger partial charge in [0, 0.05) is 25.1 Å². The molecule has 1 N–H and O–H groups in total. The van der Waals surface area contributed by atoms with E-state index in [-0.39, 0.29) is 29.2 Å². The molecule has 0 aromatic heterocycles. The molecule has 1 fully saturated rings. The van der Waals surface area contributed by atoms with Crippen LogP contribution in [0.4, 0.5) is 0 Å². The Bertz CT molecular complexity index is 484. The third-order valence-corrected chi connectivity index (χ3v) is 3.86. The second-order valence-electron chi connectivity index (χ2n) is 6.13. The van der Waals surface area contributed by atoms with Gasteiger partial charge in [0.05, 0.1) is 6.42 Å². The number of carbonyl (C=O) groups is 4. The first kappa shape index (κ1) is 18.5. The van der Waals surface area contributed by atoms with Gasteiger partial charge >= 0.3 is 11.9 Å². The summed E-state index contributed by atoms with van der Waals surface area (Å²) in [6.07, 6.45) is -0.402. The Morgan fingerprint density at radius 1 is 1.41 bits per heavy atom. The highest BCUT2D eigenvalue weighted by Crippen LogP contribution is 2.27. The maximum atomic E-state index is 12.2. The van der Waals surface area contributed by atoms with Gasteiger partial charge in [-0.1, -0.05) is 11.8 Å². The zero-order valence-electron chi connectivity index (χ0n) is 13.1. The molecular formula is C14H21NO6S. The summed E-state index contributed by atoms with van der Waals surface area (Å²) in [7, 11) is 0. The number of carboxylic acid groups (broad SMARTS) is 1. The van der Waals surface area contributed by atoms with Gasteiger partial charge in [-0.2, -0.15) is 0 Å². The maximum absolute atomic E-state index is 12.2. The largest absolute Gasteiger partial charge is 0.481 e. The second-order valence-corrected chi connectivity index (χ2v) is 7.61. The molecule has 0 aromatic carbocycles. The smallest absolute Gasteiger partial charge is 0.329 e. The lowest BCUT2D eigenvalue weighted by molar-refractivity contribution is -0.166. The molecule has 1 aliphatic rings. The topological polar surface area (TPSA) is 101 Å². The van der Waals surface area contributed by atoms with Crippen molar-refractivity contribution in [2.24, 2.45) is 0 Å². The van der Waals surface area contributed by atoms with Gasteiger partial charge in [0.15, 0.2) is 5.12 Å². The fraction of sp³-hybridized carbons (Fsp3) is 0.714. The minimum atomic E-state index is -1.19. The van der Waals surface area contributed by atoms with E-state index in [2.05, 4.69) is 0 Å². The van der Waals surface area contributed by atoms with Crippen molar-refractivity contribution < 1.29 is 29.0 Å². The fourth-order valence-electron chi connectivity index (χ4n) is 2.17. The van der Waals surface area contributed by atoms with Crippen LogP contribution in [0.25, 0.3) is 0 Å². The highest BCUT2D eigenvalue weighted by Gasteiger charge is 2.41. The van der Waals surface area contributed by atoms with Crippen LogP contribution in [-0.4, -0.2) is 56.4 Å². The molecule has 0 radical (unpaired) electrons. The molecule has 22 heavy (non-hydrogen) atoms. The standard InChI is InChI=1S/C14H21NO6S/c1-8(16)22-9-5-11(17)15(7-9)10(6-12(18)19)13(20)21-14(2,3)4/h9-10H,5-7H2,1-4H3,(H,18,19)/t9?,10-/m0/s1. The molecule has 1 rings (SSSR count). The normalized spacial score (nSPS) is 19.9. The number of aliphatic carboxylic acids is 1. The highest BCUT2D eigenvalue weighted by molar-refractivity contribution is 8.14. The molecular weight excluding hydrogens is 310 g/mol. The Hall–Kier alpha value is -1.57. The summed E-state index contributed by atoms with van der Waals surface area (Å²) in [6.45, 7) is 6.58. The molecule has 0 bridgehead atoms. The number of carboxylic acids is 1. The average Bonchev–Trinajstić information content (AvgIpc) is 2.63. The van der Waals surface area contributed by atoms with E-state index in [0.717, 1.165) is 11.8 Å². The Balaban J connectivity index is 2.88. The number of nitrogens with zero attached hydrogens (tertiary/aromatic N) is 1. The molecule has 1 heterocycles. The van der Waals surface area contributed by atoms with Crippen molar-refractivity contribution in [1.82, 2.24) is 4.90 Å². The molecule has 0 spiro atoms. The minimum absolute atomic E-state index is 0.114. The summed E-state index contributed by atoms with van der Waals surface area (Å²) in [5.74, 6) is -2.26. The van der Waals surface area contributed by atoms with Crippen LogP contribution >= 0.6 is 11.8 Å². The maximum Gasteiger partial charge on any atom is 0.329 e. The lowest BCUT2D eigenvalue weighted by Crippen LogP contribution is -2.46. The van der Waals surface area contributed by atoms with Crippen molar-refractivity contribution in [3.8, 4) is 0 Å². The zero-order chi connectivity index (χ0) is 17.1. The van der Waals surface area contributed by atoms with Gasteiger partial charge in [-0.3, -0.25) is 14.4 Å². The van der Waals surface area contributed by atoms with Gasteiger partial charge < -0.3 is 14.7 Å². The van der Waals surface area contributed by atoms with Crippen LogP contribution in [0.1, 0.15) is 40.5 Å². The van der Waals surface area contributed by atoms with Gasteiger partial charge in [-0.25, -0.2) is 4.79 Å². The first-order valence-electron chi connectivity index (χ1n) is 6.91. The van der Waals surface area contributed by atoms with Crippen LogP contribution < -0.4 is 0 Å².